The minimum Gasteiger partial charge on any atom is -0.373 e. The molecule has 2 aromatic heterocycles. The van der Waals surface area contributed by atoms with Crippen LogP contribution in [0.3, 0.4) is 0 Å². The Morgan fingerprint density at radius 3 is 2.73 bits per heavy atom. The molecule has 0 radical (unpaired) electrons. The standard InChI is InChI=1S/C9H10N4O2/c1-4-3-5(10-2)11-7-6(4)8(14)13-9(15)12-7/h3H,1-2H3,(H3,10,11,12,13,14,15). The Labute approximate surface area is 84.4 Å². The van der Waals surface area contributed by atoms with Crippen LogP contribution in [0.15, 0.2) is 15.7 Å². The summed E-state index contributed by atoms with van der Waals surface area (Å²) in [6, 6.07) is 1.75. The molecule has 0 aromatic carbocycles. The summed E-state index contributed by atoms with van der Waals surface area (Å²) in [5, 5.41) is 3.26. The van der Waals surface area contributed by atoms with Gasteiger partial charge in [-0.1, -0.05) is 0 Å². The highest BCUT2D eigenvalue weighted by Crippen LogP contribution is 2.13. The number of nitrogens with one attached hydrogen (secondary N) is 3. The van der Waals surface area contributed by atoms with Crippen LogP contribution in [-0.2, 0) is 0 Å². The molecule has 2 heterocycles. The van der Waals surface area contributed by atoms with Gasteiger partial charge in [0.15, 0.2) is 0 Å². The fraction of sp³-hybridized carbons (Fsp3) is 0.222. The van der Waals surface area contributed by atoms with Crippen LogP contribution in [0.1, 0.15) is 5.56 Å². The second kappa shape index (κ2) is 3.23. The molecule has 0 saturated heterocycles. The molecule has 6 heteroatoms. The second-order valence-electron chi connectivity index (χ2n) is 3.21. The van der Waals surface area contributed by atoms with E-state index in [1.807, 2.05) is 0 Å². The van der Waals surface area contributed by atoms with E-state index >= 15 is 0 Å². The van der Waals surface area contributed by atoms with Gasteiger partial charge in [-0.3, -0.25) is 14.8 Å². The van der Waals surface area contributed by atoms with Crippen molar-refractivity contribution in [1.82, 2.24) is 15.0 Å². The van der Waals surface area contributed by atoms with Gasteiger partial charge in [0.05, 0.1) is 5.39 Å². The molecule has 0 saturated carbocycles. The van der Waals surface area contributed by atoms with Crippen molar-refractivity contribution in [2.75, 3.05) is 12.4 Å². The van der Waals surface area contributed by atoms with Gasteiger partial charge in [-0.25, -0.2) is 9.78 Å². The van der Waals surface area contributed by atoms with E-state index in [9.17, 15) is 9.59 Å². The zero-order valence-corrected chi connectivity index (χ0v) is 8.34. The largest absolute Gasteiger partial charge is 0.373 e. The summed E-state index contributed by atoms with van der Waals surface area (Å²) in [6.45, 7) is 1.79. The highest BCUT2D eigenvalue weighted by Gasteiger charge is 2.06. The third-order valence-electron chi connectivity index (χ3n) is 2.16. The number of rotatable bonds is 1. The van der Waals surface area contributed by atoms with E-state index in [1.54, 1.807) is 20.0 Å². The second-order valence-corrected chi connectivity index (χ2v) is 3.21. The Hall–Kier alpha value is -2.11. The van der Waals surface area contributed by atoms with Crippen molar-refractivity contribution in [3.63, 3.8) is 0 Å². The number of aryl methyl sites for hydroxylation is 1. The van der Waals surface area contributed by atoms with E-state index in [0.29, 0.717) is 16.9 Å². The SMILES string of the molecule is CNc1cc(C)c2c(=O)[nH]c(=O)[nH]c2n1. The molecule has 6 nitrogen and oxygen atoms in total. The Kier molecular flexibility index (Phi) is 2.03. The lowest BCUT2D eigenvalue weighted by Gasteiger charge is -2.03. The van der Waals surface area contributed by atoms with Crippen molar-refractivity contribution in [3.05, 3.63) is 32.5 Å². The average Bonchev–Trinajstić information content (AvgIpc) is 2.15. The van der Waals surface area contributed by atoms with Crippen molar-refractivity contribution in [3.8, 4) is 0 Å². The molecular weight excluding hydrogens is 196 g/mol. The summed E-state index contributed by atoms with van der Waals surface area (Å²) in [5.41, 5.74) is 0.101. The zero-order valence-electron chi connectivity index (χ0n) is 8.34. The van der Waals surface area contributed by atoms with E-state index < -0.39 is 11.2 Å². The predicted molar refractivity (Wildman–Crippen MR) is 57.3 cm³/mol. The van der Waals surface area contributed by atoms with E-state index in [-0.39, 0.29) is 0 Å². The molecular formula is C9H10N4O2. The number of aromatic amines is 2. The van der Waals surface area contributed by atoms with Crippen LogP contribution in [0.25, 0.3) is 11.0 Å². The number of hydrogen-bond acceptors (Lipinski definition) is 4. The molecule has 0 atom stereocenters. The average molecular weight is 206 g/mol. The summed E-state index contributed by atoms with van der Waals surface area (Å²) in [5.74, 6) is 0.612. The summed E-state index contributed by atoms with van der Waals surface area (Å²) in [6.07, 6.45) is 0. The quantitative estimate of drug-likeness (QED) is 0.610. The number of nitrogens with zero attached hydrogens (tertiary/aromatic N) is 1. The number of fused-ring (bicyclic) bond motifs is 1. The monoisotopic (exact) mass is 206 g/mol. The first kappa shape index (κ1) is 9.45. The zero-order chi connectivity index (χ0) is 11.0. The third-order valence-corrected chi connectivity index (χ3v) is 2.16. The maximum Gasteiger partial charge on any atom is 0.327 e. The van der Waals surface area contributed by atoms with E-state index in [1.165, 1.54) is 0 Å². The molecule has 0 unspecified atom stereocenters. The molecule has 15 heavy (non-hydrogen) atoms. The molecule has 0 aliphatic heterocycles. The van der Waals surface area contributed by atoms with Crippen LogP contribution in [0, 0.1) is 6.92 Å². The van der Waals surface area contributed by atoms with Crippen LogP contribution in [0.5, 0.6) is 0 Å². The topological polar surface area (TPSA) is 90.6 Å². The summed E-state index contributed by atoms with van der Waals surface area (Å²) in [4.78, 5) is 31.3. The van der Waals surface area contributed by atoms with Crippen molar-refractivity contribution in [1.29, 1.82) is 0 Å². The van der Waals surface area contributed by atoms with Crippen LogP contribution in [-0.4, -0.2) is 22.0 Å². The van der Waals surface area contributed by atoms with Gasteiger partial charge in [-0.2, -0.15) is 0 Å². The first-order chi connectivity index (χ1) is 7.11. The van der Waals surface area contributed by atoms with Gasteiger partial charge in [0, 0.05) is 7.05 Å². The van der Waals surface area contributed by atoms with Gasteiger partial charge in [0.25, 0.3) is 5.56 Å². The Morgan fingerprint density at radius 2 is 2.07 bits per heavy atom. The summed E-state index contributed by atoms with van der Waals surface area (Å²) < 4.78 is 0. The maximum atomic E-state index is 11.5. The molecule has 0 spiro atoms. The van der Waals surface area contributed by atoms with Crippen LogP contribution in [0.4, 0.5) is 5.82 Å². The molecule has 0 fully saturated rings. The van der Waals surface area contributed by atoms with Crippen LogP contribution < -0.4 is 16.6 Å². The number of pyridine rings is 1. The first-order valence-electron chi connectivity index (χ1n) is 4.43. The Bertz CT molecular complexity index is 626. The molecule has 2 aromatic rings. The fourth-order valence-corrected chi connectivity index (χ4v) is 1.48. The first-order valence-corrected chi connectivity index (χ1v) is 4.43. The molecule has 78 valence electrons. The number of anilines is 1. The molecule has 0 aliphatic rings. The molecule has 0 amide bonds. The fourth-order valence-electron chi connectivity index (χ4n) is 1.48. The van der Waals surface area contributed by atoms with Crippen molar-refractivity contribution in [2.24, 2.45) is 0 Å². The van der Waals surface area contributed by atoms with Crippen molar-refractivity contribution in [2.45, 2.75) is 6.92 Å². The number of H-pyrrole nitrogens is 2. The van der Waals surface area contributed by atoms with Gasteiger partial charge in [-0.15, -0.1) is 0 Å². The Balaban J connectivity index is 2.98. The minimum absolute atomic E-state index is 0.299. The van der Waals surface area contributed by atoms with Gasteiger partial charge < -0.3 is 5.32 Å². The number of aromatic nitrogens is 3. The highest BCUT2D eigenvalue weighted by molar-refractivity contribution is 5.79. The van der Waals surface area contributed by atoms with Gasteiger partial charge in [0.1, 0.15) is 11.5 Å². The maximum absolute atomic E-state index is 11.5. The van der Waals surface area contributed by atoms with Gasteiger partial charge >= 0.3 is 5.69 Å². The van der Waals surface area contributed by atoms with Crippen molar-refractivity contribution >= 4 is 16.9 Å². The molecule has 0 aliphatic carbocycles. The van der Waals surface area contributed by atoms with E-state index in [2.05, 4.69) is 20.3 Å². The number of hydrogen-bond donors (Lipinski definition) is 3. The van der Waals surface area contributed by atoms with E-state index in [4.69, 9.17) is 0 Å². The van der Waals surface area contributed by atoms with Crippen LogP contribution in [0.2, 0.25) is 0 Å². The summed E-state index contributed by atoms with van der Waals surface area (Å²) >= 11 is 0. The molecule has 2 rings (SSSR count). The van der Waals surface area contributed by atoms with Crippen LogP contribution >= 0.6 is 0 Å². The normalized spacial score (nSPS) is 10.5. The Morgan fingerprint density at radius 1 is 1.33 bits per heavy atom. The van der Waals surface area contributed by atoms with E-state index in [0.717, 1.165) is 5.56 Å². The molecule has 0 bridgehead atoms. The predicted octanol–water partition coefficient (Wildman–Crippen LogP) is -0.0385. The van der Waals surface area contributed by atoms with Gasteiger partial charge in [0.2, 0.25) is 0 Å². The van der Waals surface area contributed by atoms with Crippen molar-refractivity contribution < 1.29 is 0 Å². The highest BCUT2D eigenvalue weighted by atomic mass is 16.2. The lowest BCUT2D eigenvalue weighted by Crippen LogP contribution is -2.23. The summed E-state index contributed by atoms with van der Waals surface area (Å²) in [7, 11) is 1.72. The van der Waals surface area contributed by atoms with Gasteiger partial charge in [-0.05, 0) is 18.6 Å². The lowest BCUT2D eigenvalue weighted by molar-refractivity contribution is 1.06. The minimum atomic E-state index is -0.548. The lowest BCUT2D eigenvalue weighted by atomic mass is 10.2. The third kappa shape index (κ3) is 1.50. The molecule has 3 N–H and O–H groups in total. The smallest absolute Gasteiger partial charge is 0.327 e.